The first-order chi connectivity index (χ1) is 8.43. The van der Waals surface area contributed by atoms with E-state index >= 15 is 0 Å². The number of likely N-dealkylation sites (N-methyl/N-ethyl adjacent to an activating group) is 1. The van der Waals surface area contributed by atoms with Gasteiger partial charge in [0, 0.05) is 30.4 Å². The molecule has 1 rings (SSSR count). The summed E-state index contributed by atoms with van der Waals surface area (Å²) in [6, 6.07) is 4.98. The minimum Gasteiger partial charge on any atom is -0.496 e. The number of hydrogen-bond acceptors (Lipinski definition) is 5. The van der Waals surface area contributed by atoms with Crippen molar-refractivity contribution in [2.24, 2.45) is 0 Å². The van der Waals surface area contributed by atoms with Crippen LogP contribution in [-0.4, -0.2) is 43.6 Å². The summed E-state index contributed by atoms with van der Waals surface area (Å²) in [5, 5.41) is 14.0. The number of nitro groups is 1. The summed E-state index contributed by atoms with van der Waals surface area (Å²) in [7, 11) is 5.46. The van der Waals surface area contributed by atoms with E-state index in [0.29, 0.717) is 24.0 Å². The first kappa shape index (κ1) is 14.2. The van der Waals surface area contributed by atoms with Gasteiger partial charge in [-0.15, -0.1) is 0 Å². The molecule has 0 saturated heterocycles. The number of nitrogens with one attached hydrogen (secondary N) is 1. The quantitative estimate of drug-likeness (QED) is 0.620. The lowest BCUT2D eigenvalue weighted by atomic mass is 10.2. The molecule has 1 aromatic carbocycles. The molecule has 0 fully saturated rings. The van der Waals surface area contributed by atoms with Gasteiger partial charge in [-0.3, -0.25) is 10.1 Å². The maximum atomic E-state index is 10.8. The van der Waals surface area contributed by atoms with Crippen molar-refractivity contribution >= 4 is 11.4 Å². The highest BCUT2D eigenvalue weighted by Crippen LogP contribution is 2.25. The molecule has 0 heterocycles. The molecule has 0 aliphatic heterocycles. The minimum absolute atomic E-state index is 0.0226. The number of anilines is 1. The predicted octanol–water partition coefficient (Wildman–Crippen LogP) is 1.97. The maximum Gasteiger partial charge on any atom is 0.275 e. The van der Waals surface area contributed by atoms with Crippen molar-refractivity contribution in [3.05, 3.63) is 28.3 Å². The normalized spacial score (nSPS) is 12.3. The lowest BCUT2D eigenvalue weighted by Gasteiger charge is -2.20. The van der Waals surface area contributed by atoms with Crippen LogP contribution in [0.2, 0.25) is 0 Å². The van der Waals surface area contributed by atoms with Gasteiger partial charge in [0.1, 0.15) is 5.75 Å². The largest absolute Gasteiger partial charge is 0.496 e. The molecule has 0 aromatic heterocycles. The third kappa shape index (κ3) is 3.89. The fourth-order valence-corrected chi connectivity index (χ4v) is 1.36. The number of methoxy groups -OCH3 is 1. The smallest absolute Gasteiger partial charge is 0.275 e. The van der Waals surface area contributed by atoms with Crippen LogP contribution in [0.25, 0.3) is 0 Å². The summed E-state index contributed by atoms with van der Waals surface area (Å²) in [4.78, 5) is 12.4. The van der Waals surface area contributed by atoms with Crippen LogP contribution >= 0.6 is 0 Å². The molecule has 1 aromatic rings. The van der Waals surface area contributed by atoms with Crippen LogP contribution in [0.15, 0.2) is 18.2 Å². The van der Waals surface area contributed by atoms with E-state index in [0.717, 1.165) is 0 Å². The Morgan fingerprint density at radius 2 is 2.11 bits per heavy atom. The summed E-state index contributed by atoms with van der Waals surface area (Å²) in [6.07, 6.45) is 0. The average molecular weight is 253 g/mol. The number of hydrogen-bond donors (Lipinski definition) is 1. The molecule has 1 N–H and O–H groups in total. The Morgan fingerprint density at radius 1 is 1.44 bits per heavy atom. The van der Waals surface area contributed by atoms with Crippen molar-refractivity contribution in [2.45, 2.75) is 13.0 Å². The average Bonchev–Trinajstić information content (AvgIpc) is 2.35. The Labute approximate surface area is 107 Å². The lowest BCUT2D eigenvalue weighted by Crippen LogP contribution is -2.31. The van der Waals surface area contributed by atoms with Crippen molar-refractivity contribution in [2.75, 3.05) is 33.1 Å². The van der Waals surface area contributed by atoms with Crippen molar-refractivity contribution < 1.29 is 9.66 Å². The molecule has 0 aliphatic rings. The van der Waals surface area contributed by atoms with Crippen LogP contribution in [0.4, 0.5) is 11.4 Å². The standard InChI is InChI=1S/C12H19N3O3/c1-9(14(2)3)8-13-10-5-11(15(16)17)7-12(6-10)18-4/h5-7,9,13H,8H2,1-4H3. The van der Waals surface area contributed by atoms with E-state index in [1.807, 2.05) is 14.1 Å². The van der Waals surface area contributed by atoms with E-state index in [4.69, 9.17) is 4.74 Å². The molecular weight excluding hydrogens is 234 g/mol. The fourth-order valence-electron chi connectivity index (χ4n) is 1.36. The SMILES string of the molecule is COc1cc(NCC(C)N(C)C)cc([N+](=O)[O-])c1. The third-order valence-electron chi connectivity index (χ3n) is 2.82. The van der Waals surface area contributed by atoms with Gasteiger partial charge < -0.3 is 15.0 Å². The van der Waals surface area contributed by atoms with Crippen LogP contribution < -0.4 is 10.1 Å². The van der Waals surface area contributed by atoms with Gasteiger partial charge in [0.15, 0.2) is 0 Å². The molecule has 0 saturated carbocycles. The van der Waals surface area contributed by atoms with Gasteiger partial charge in [0.25, 0.3) is 5.69 Å². The van der Waals surface area contributed by atoms with Crippen LogP contribution in [0.1, 0.15) is 6.92 Å². The first-order valence-electron chi connectivity index (χ1n) is 5.67. The van der Waals surface area contributed by atoms with E-state index < -0.39 is 4.92 Å². The number of ether oxygens (including phenoxy) is 1. The summed E-state index contributed by atoms with van der Waals surface area (Å²) in [5.74, 6) is 0.476. The highest BCUT2D eigenvalue weighted by Gasteiger charge is 2.11. The second kappa shape index (κ2) is 6.20. The molecule has 0 spiro atoms. The summed E-state index contributed by atoms with van der Waals surface area (Å²) < 4.78 is 5.05. The zero-order valence-corrected chi connectivity index (χ0v) is 11.1. The number of nitrogens with zero attached hydrogens (tertiary/aromatic N) is 2. The molecule has 18 heavy (non-hydrogen) atoms. The van der Waals surface area contributed by atoms with Gasteiger partial charge in [0.2, 0.25) is 0 Å². The molecule has 100 valence electrons. The summed E-state index contributed by atoms with van der Waals surface area (Å²) >= 11 is 0. The Bertz CT molecular complexity index is 421. The highest BCUT2D eigenvalue weighted by atomic mass is 16.6. The second-order valence-corrected chi connectivity index (χ2v) is 4.37. The number of rotatable bonds is 6. The van der Waals surface area contributed by atoms with Crippen molar-refractivity contribution in [3.8, 4) is 5.75 Å². The van der Waals surface area contributed by atoms with Gasteiger partial charge in [-0.1, -0.05) is 0 Å². The second-order valence-electron chi connectivity index (χ2n) is 4.37. The van der Waals surface area contributed by atoms with Crippen molar-refractivity contribution in [1.82, 2.24) is 4.90 Å². The Balaban J connectivity index is 2.81. The van der Waals surface area contributed by atoms with Gasteiger partial charge in [-0.05, 0) is 21.0 Å². The van der Waals surface area contributed by atoms with Gasteiger partial charge in [-0.2, -0.15) is 0 Å². The topological polar surface area (TPSA) is 67.6 Å². The Kier molecular flexibility index (Phi) is 4.91. The monoisotopic (exact) mass is 253 g/mol. The summed E-state index contributed by atoms with van der Waals surface area (Å²) in [6.45, 7) is 2.78. The summed E-state index contributed by atoms with van der Waals surface area (Å²) in [5.41, 5.74) is 0.712. The zero-order valence-electron chi connectivity index (χ0n) is 11.1. The van der Waals surface area contributed by atoms with E-state index in [-0.39, 0.29) is 5.69 Å². The molecule has 1 atom stereocenters. The van der Waals surface area contributed by atoms with Gasteiger partial charge in [-0.25, -0.2) is 0 Å². The van der Waals surface area contributed by atoms with E-state index in [1.54, 1.807) is 6.07 Å². The molecular formula is C12H19N3O3. The number of non-ortho nitro benzene ring substituents is 1. The van der Waals surface area contributed by atoms with Crippen LogP contribution in [0.5, 0.6) is 5.75 Å². The number of nitro benzene ring substituents is 1. The third-order valence-corrected chi connectivity index (χ3v) is 2.82. The molecule has 0 bridgehead atoms. The van der Waals surface area contributed by atoms with E-state index in [9.17, 15) is 10.1 Å². The fraction of sp³-hybridized carbons (Fsp3) is 0.500. The molecule has 0 aliphatic carbocycles. The van der Waals surface area contributed by atoms with Crippen molar-refractivity contribution in [1.29, 1.82) is 0 Å². The Hall–Kier alpha value is -1.82. The first-order valence-corrected chi connectivity index (χ1v) is 5.67. The molecule has 0 radical (unpaired) electrons. The zero-order chi connectivity index (χ0) is 13.7. The number of benzene rings is 1. The van der Waals surface area contributed by atoms with E-state index in [1.165, 1.54) is 19.2 Å². The molecule has 1 unspecified atom stereocenters. The minimum atomic E-state index is -0.428. The molecule has 6 heteroatoms. The van der Waals surface area contributed by atoms with Crippen LogP contribution in [-0.2, 0) is 0 Å². The van der Waals surface area contributed by atoms with Gasteiger partial charge >= 0.3 is 0 Å². The molecule has 0 amide bonds. The Morgan fingerprint density at radius 3 is 2.61 bits per heavy atom. The molecule has 6 nitrogen and oxygen atoms in total. The lowest BCUT2D eigenvalue weighted by molar-refractivity contribution is -0.384. The van der Waals surface area contributed by atoms with Crippen molar-refractivity contribution in [3.63, 3.8) is 0 Å². The van der Waals surface area contributed by atoms with Crippen LogP contribution in [0.3, 0.4) is 0 Å². The van der Waals surface area contributed by atoms with Crippen LogP contribution in [0, 0.1) is 10.1 Å². The van der Waals surface area contributed by atoms with Gasteiger partial charge in [0.05, 0.1) is 18.1 Å². The predicted molar refractivity (Wildman–Crippen MR) is 71.3 cm³/mol. The van der Waals surface area contributed by atoms with E-state index in [2.05, 4.69) is 17.1 Å². The maximum absolute atomic E-state index is 10.8. The highest BCUT2D eigenvalue weighted by molar-refractivity contribution is 5.56.